The van der Waals surface area contributed by atoms with E-state index in [-0.39, 0.29) is 0 Å². The second kappa shape index (κ2) is 3.96. The molecule has 2 heteroatoms. The first kappa shape index (κ1) is 12.0. The summed E-state index contributed by atoms with van der Waals surface area (Å²) in [6, 6.07) is 0. The monoisotopic (exact) mass is 236 g/mol. The summed E-state index contributed by atoms with van der Waals surface area (Å²) >= 11 is 0. The van der Waals surface area contributed by atoms with Gasteiger partial charge in [-0.05, 0) is 89.3 Å². The lowest BCUT2D eigenvalue weighted by Gasteiger charge is -2.64. The van der Waals surface area contributed by atoms with E-state index in [1.807, 2.05) is 0 Å². The van der Waals surface area contributed by atoms with Crippen molar-refractivity contribution >= 4 is 0 Å². The van der Waals surface area contributed by atoms with Crippen LogP contribution >= 0.6 is 0 Å². The molecule has 4 rings (SSSR count). The van der Waals surface area contributed by atoms with Crippen LogP contribution in [0.5, 0.6) is 0 Å². The van der Waals surface area contributed by atoms with Crippen LogP contribution in [0.15, 0.2) is 0 Å². The Morgan fingerprint density at radius 1 is 1.12 bits per heavy atom. The molecular formula is C15H28N2. The number of rotatable bonds is 4. The van der Waals surface area contributed by atoms with Gasteiger partial charge in [-0.15, -0.1) is 0 Å². The second-order valence-electron chi connectivity index (χ2n) is 7.47. The topological polar surface area (TPSA) is 29.3 Å². The molecule has 0 aliphatic heterocycles. The van der Waals surface area contributed by atoms with Gasteiger partial charge >= 0.3 is 0 Å². The first-order valence-corrected chi connectivity index (χ1v) is 7.45. The van der Waals surface area contributed by atoms with Gasteiger partial charge in [-0.25, -0.2) is 0 Å². The molecule has 4 aliphatic rings. The summed E-state index contributed by atoms with van der Waals surface area (Å²) in [4.78, 5) is 2.56. The lowest BCUT2D eigenvalue weighted by atomic mass is 9.45. The number of nitrogens with zero attached hydrogens (tertiary/aromatic N) is 1. The highest BCUT2D eigenvalue weighted by molar-refractivity contribution is 5.11. The van der Waals surface area contributed by atoms with Crippen molar-refractivity contribution in [1.82, 2.24) is 4.90 Å². The molecule has 4 aliphatic carbocycles. The summed E-state index contributed by atoms with van der Waals surface area (Å²) in [5.41, 5.74) is 6.97. The molecule has 4 saturated carbocycles. The van der Waals surface area contributed by atoms with Crippen molar-refractivity contribution in [2.24, 2.45) is 23.0 Å². The van der Waals surface area contributed by atoms with Crippen molar-refractivity contribution in [3.8, 4) is 0 Å². The minimum absolute atomic E-state index is 0.554. The number of hydrogen-bond donors (Lipinski definition) is 1. The second-order valence-corrected chi connectivity index (χ2v) is 7.47. The van der Waals surface area contributed by atoms with Crippen LogP contribution in [0.3, 0.4) is 0 Å². The van der Waals surface area contributed by atoms with Crippen LogP contribution in [-0.4, -0.2) is 31.1 Å². The average Bonchev–Trinajstić information content (AvgIpc) is 2.24. The molecule has 0 aromatic rings. The van der Waals surface area contributed by atoms with Gasteiger partial charge in [0.15, 0.2) is 0 Å². The largest absolute Gasteiger partial charge is 0.330 e. The van der Waals surface area contributed by atoms with Gasteiger partial charge < -0.3 is 10.6 Å². The molecular weight excluding hydrogens is 208 g/mol. The molecule has 0 radical (unpaired) electrons. The zero-order valence-electron chi connectivity index (χ0n) is 11.5. The van der Waals surface area contributed by atoms with Crippen LogP contribution in [-0.2, 0) is 0 Å². The highest BCUT2D eigenvalue weighted by atomic mass is 15.2. The van der Waals surface area contributed by atoms with E-state index >= 15 is 0 Å². The smallest absolute Gasteiger partial charge is 0.0214 e. The number of nitrogens with two attached hydrogens (primary N) is 1. The fraction of sp³-hybridized carbons (Fsp3) is 1.00. The van der Waals surface area contributed by atoms with Gasteiger partial charge in [0.2, 0.25) is 0 Å². The van der Waals surface area contributed by atoms with Crippen molar-refractivity contribution in [1.29, 1.82) is 0 Å². The molecule has 0 aromatic heterocycles. The first-order valence-electron chi connectivity index (χ1n) is 7.45. The van der Waals surface area contributed by atoms with E-state index in [1.54, 1.807) is 0 Å². The van der Waals surface area contributed by atoms with Crippen molar-refractivity contribution in [2.45, 2.75) is 56.9 Å². The van der Waals surface area contributed by atoms with Crippen LogP contribution in [0.25, 0.3) is 0 Å². The molecule has 4 bridgehead atoms. The van der Waals surface area contributed by atoms with Crippen LogP contribution in [0.4, 0.5) is 0 Å². The normalized spacial score (nSPS) is 48.0. The minimum atomic E-state index is 0.554. The van der Waals surface area contributed by atoms with E-state index in [2.05, 4.69) is 19.0 Å². The number of hydrogen-bond acceptors (Lipinski definition) is 2. The quantitative estimate of drug-likeness (QED) is 0.813. The van der Waals surface area contributed by atoms with Crippen molar-refractivity contribution in [3.63, 3.8) is 0 Å². The standard InChI is InChI=1S/C15H28N2/c1-17(2)15-9-12-6-13(10-15)8-14(7-12,11-15)4-3-5-16/h12-13H,3-11,16H2,1-2H3. The Balaban J connectivity index is 1.84. The molecule has 0 aromatic carbocycles. The first-order chi connectivity index (χ1) is 8.07. The van der Waals surface area contributed by atoms with Crippen molar-refractivity contribution < 1.29 is 0 Å². The Labute approximate surface area is 106 Å². The highest BCUT2D eigenvalue weighted by Gasteiger charge is 2.57. The van der Waals surface area contributed by atoms with Gasteiger partial charge in [-0.3, -0.25) is 0 Å². The van der Waals surface area contributed by atoms with Gasteiger partial charge in [0.05, 0.1) is 0 Å². The lowest BCUT2D eigenvalue weighted by molar-refractivity contribution is -0.123. The minimum Gasteiger partial charge on any atom is -0.330 e. The fourth-order valence-electron chi connectivity index (χ4n) is 5.69. The zero-order valence-corrected chi connectivity index (χ0v) is 11.5. The molecule has 2 N–H and O–H groups in total. The van der Waals surface area contributed by atoms with Crippen LogP contribution < -0.4 is 5.73 Å². The van der Waals surface area contributed by atoms with E-state index in [1.165, 1.54) is 51.4 Å². The molecule has 0 spiro atoms. The van der Waals surface area contributed by atoms with Crippen LogP contribution in [0, 0.1) is 17.3 Å². The molecule has 2 atom stereocenters. The molecule has 2 unspecified atom stereocenters. The Morgan fingerprint density at radius 3 is 2.29 bits per heavy atom. The van der Waals surface area contributed by atoms with Gasteiger partial charge in [0.1, 0.15) is 0 Å². The highest BCUT2D eigenvalue weighted by Crippen LogP contribution is 2.64. The zero-order chi connectivity index (χ0) is 12.1. The lowest BCUT2D eigenvalue weighted by Crippen LogP contribution is -2.61. The summed E-state index contributed by atoms with van der Waals surface area (Å²) in [7, 11) is 4.62. The molecule has 2 nitrogen and oxygen atoms in total. The maximum atomic E-state index is 5.74. The Bertz CT molecular complexity index is 283. The molecule has 0 amide bonds. The van der Waals surface area contributed by atoms with E-state index in [9.17, 15) is 0 Å². The summed E-state index contributed by atoms with van der Waals surface area (Å²) in [5, 5.41) is 0. The van der Waals surface area contributed by atoms with E-state index < -0.39 is 0 Å². The Kier molecular flexibility index (Phi) is 2.79. The van der Waals surface area contributed by atoms with E-state index in [0.29, 0.717) is 11.0 Å². The van der Waals surface area contributed by atoms with Crippen molar-refractivity contribution in [2.75, 3.05) is 20.6 Å². The van der Waals surface area contributed by atoms with Crippen molar-refractivity contribution in [3.05, 3.63) is 0 Å². The molecule has 0 heterocycles. The summed E-state index contributed by atoms with van der Waals surface area (Å²) in [6.45, 7) is 0.881. The SMILES string of the molecule is CN(C)C12CC3CC(CC(CCCN)(C3)C1)C2. The molecule has 98 valence electrons. The summed E-state index contributed by atoms with van der Waals surface area (Å²) in [6.07, 6.45) is 11.6. The van der Waals surface area contributed by atoms with Gasteiger partial charge in [-0.1, -0.05) is 0 Å². The predicted octanol–water partition coefficient (Wildman–Crippen LogP) is 2.63. The van der Waals surface area contributed by atoms with Crippen LogP contribution in [0.2, 0.25) is 0 Å². The van der Waals surface area contributed by atoms with E-state index in [0.717, 1.165) is 18.4 Å². The maximum absolute atomic E-state index is 5.74. The summed E-state index contributed by atoms with van der Waals surface area (Å²) in [5.74, 6) is 2.05. The third kappa shape index (κ3) is 1.84. The fourth-order valence-corrected chi connectivity index (χ4v) is 5.69. The molecule has 17 heavy (non-hydrogen) atoms. The van der Waals surface area contributed by atoms with Gasteiger partial charge in [0.25, 0.3) is 0 Å². The third-order valence-electron chi connectivity index (χ3n) is 6.01. The average molecular weight is 236 g/mol. The van der Waals surface area contributed by atoms with Gasteiger partial charge in [0, 0.05) is 5.54 Å². The molecule has 0 saturated heterocycles. The van der Waals surface area contributed by atoms with Crippen LogP contribution in [0.1, 0.15) is 51.4 Å². The molecule has 4 fully saturated rings. The predicted molar refractivity (Wildman–Crippen MR) is 71.8 cm³/mol. The third-order valence-corrected chi connectivity index (χ3v) is 6.01. The van der Waals surface area contributed by atoms with E-state index in [4.69, 9.17) is 5.73 Å². The Morgan fingerprint density at radius 2 is 1.76 bits per heavy atom. The maximum Gasteiger partial charge on any atom is 0.0214 e. The summed E-state index contributed by atoms with van der Waals surface area (Å²) < 4.78 is 0. The Hall–Kier alpha value is -0.0800. The van der Waals surface area contributed by atoms with Gasteiger partial charge in [-0.2, -0.15) is 0 Å².